The van der Waals surface area contributed by atoms with Gasteiger partial charge in [0.15, 0.2) is 0 Å². The highest BCUT2D eigenvalue weighted by atomic mass is 16.2. The highest BCUT2D eigenvalue weighted by Crippen LogP contribution is 2.13. The summed E-state index contributed by atoms with van der Waals surface area (Å²) < 4.78 is 0. The van der Waals surface area contributed by atoms with Crippen LogP contribution in [-0.2, 0) is 0 Å². The third-order valence-electron chi connectivity index (χ3n) is 5.72. The summed E-state index contributed by atoms with van der Waals surface area (Å²) in [6.45, 7) is 5.11. The monoisotopic (exact) mass is 383 g/mol. The van der Waals surface area contributed by atoms with Crippen molar-refractivity contribution < 1.29 is 5.11 Å². The average Bonchev–Trinajstić information content (AvgIpc) is 2.68. The molecule has 0 spiro atoms. The number of hydrogen-bond donors (Lipinski definition) is 2. The minimum Gasteiger partial charge on any atom is -0.396 e. The number of aliphatic hydroxyl groups excluding tert-OH is 1. The van der Waals surface area contributed by atoms with Crippen molar-refractivity contribution >= 4 is 0 Å². The van der Waals surface area contributed by atoms with E-state index in [1.807, 2.05) is 0 Å². The zero-order valence-corrected chi connectivity index (χ0v) is 18.9. The molecule has 2 nitrogen and oxygen atoms in total. The summed E-state index contributed by atoms with van der Waals surface area (Å²) in [5.74, 6) is 0. The Hall–Kier alpha value is -0.0800. The molecule has 0 aromatic rings. The fraction of sp³-hybridized carbons (Fsp3) is 1.00. The van der Waals surface area contributed by atoms with Crippen LogP contribution < -0.4 is 5.32 Å². The van der Waals surface area contributed by atoms with E-state index < -0.39 is 0 Å². The summed E-state index contributed by atoms with van der Waals surface area (Å²) in [5, 5.41) is 12.3. The van der Waals surface area contributed by atoms with Crippen molar-refractivity contribution in [1.29, 1.82) is 0 Å². The molecule has 2 heteroatoms. The van der Waals surface area contributed by atoms with Gasteiger partial charge in [0.2, 0.25) is 0 Å². The molecule has 0 heterocycles. The van der Waals surface area contributed by atoms with Gasteiger partial charge < -0.3 is 10.4 Å². The topological polar surface area (TPSA) is 32.3 Å². The van der Waals surface area contributed by atoms with Crippen LogP contribution in [0.15, 0.2) is 0 Å². The van der Waals surface area contributed by atoms with Crippen LogP contribution in [0.1, 0.15) is 142 Å². The Morgan fingerprint density at radius 2 is 0.704 bits per heavy atom. The number of unbranched alkanes of at least 4 members (excludes halogenated alkanes) is 19. The minimum absolute atomic E-state index is 0.371. The Morgan fingerprint density at radius 1 is 0.407 bits per heavy atom. The third-order valence-corrected chi connectivity index (χ3v) is 5.72. The molecule has 0 bridgehead atoms. The Morgan fingerprint density at radius 3 is 1.04 bits per heavy atom. The highest BCUT2D eigenvalue weighted by molar-refractivity contribution is 4.52. The van der Waals surface area contributed by atoms with Crippen molar-refractivity contribution in [2.45, 2.75) is 142 Å². The molecule has 164 valence electrons. The van der Waals surface area contributed by atoms with E-state index in [1.54, 1.807) is 0 Å². The molecule has 0 aliphatic rings. The number of hydrogen-bond acceptors (Lipinski definition) is 2. The highest BCUT2D eigenvalue weighted by Gasteiger charge is 1.95. The normalized spacial score (nSPS) is 11.3. The molecule has 0 saturated carbocycles. The van der Waals surface area contributed by atoms with E-state index in [1.165, 1.54) is 142 Å². The lowest BCUT2D eigenvalue weighted by Crippen LogP contribution is -2.16. The van der Waals surface area contributed by atoms with Crippen LogP contribution in [0.4, 0.5) is 0 Å². The molecule has 2 N–H and O–H groups in total. The molecule has 0 radical (unpaired) electrons. The molecule has 0 amide bonds. The lowest BCUT2D eigenvalue weighted by Gasteiger charge is -2.05. The molecule has 0 unspecified atom stereocenters. The quantitative estimate of drug-likeness (QED) is 0.167. The lowest BCUT2D eigenvalue weighted by atomic mass is 10.0. The van der Waals surface area contributed by atoms with Crippen molar-refractivity contribution in [3.8, 4) is 0 Å². The first-order chi connectivity index (χ1) is 13.4. The van der Waals surface area contributed by atoms with E-state index in [0.717, 1.165) is 6.42 Å². The summed E-state index contributed by atoms with van der Waals surface area (Å²) in [7, 11) is 0. The first-order valence-corrected chi connectivity index (χ1v) is 12.7. The summed E-state index contributed by atoms with van der Waals surface area (Å²) in [4.78, 5) is 0. The number of aliphatic hydroxyl groups is 1. The molecule has 0 aromatic carbocycles. The van der Waals surface area contributed by atoms with Crippen LogP contribution in [0.2, 0.25) is 0 Å². The van der Waals surface area contributed by atoms with Crippen LogP contribution >= 0.6 is 0 Å². The molecule has 0 aliphatic carbocycles. The molecule has 0 aliphatic heterocycles. The SMILES string of the molecule is CCCCCCCNCCCCCCCCCCCCCCCCCCO. The predicted octanol–water partition coefficient (Wildman–Crippen LogP) is 7.78. The second-order valence-corrected chi connectivity index (χ2v) is 8.54. The Bertz CT molecular complexity index is 220. The zero-order chi connectivity index (χ0) is 19.7. The third kappa shape index (κ3) is 25.9. The summed E-state index contributed by atoms with van der Waals surface area (Å²) in [6, 6.07) is 0. The molecule has 0 saturated heterocycles. The summed E-state index contributed by atoms with van der Waals surface area (Å²) >= 11 is 0. The fourth-order valence-electron chi connectivity index (χ4n) is 3.82. The van der Waals surface area contributed by atoms with E-state index in [9.17, 15) is 0 Å². The van der Waals surface area contributed by atoms with Crippen molar-refractivity contribution in [3.63, 3.8) is 0 Å². The predicted molar refractivity (Wildman–Crippen MR) is 123 cm³/mol. The molecule has 0 rings (SSSR count). The van der Waals surface area contributed by atoms with Gasteiger partial charge in [-0.1, -0.05) is 122 Å². The average molecular weight is 384 g/mol. The van der Waals surface area contributed by atoms with Crippen LogP contribution in [0.25, 0.3) is 0 Å². The standard InChI is InChI=1S/C25H53NO/c1-2-3-4-17-20-23-26-24-21-18-15-13-11-9-7-5-6-8-10-12-14-16-19-22-25-27/h26-27H,2-25H2,1H3. The van der Waals surface area contributed by atoms with Gasteiger partial charge in [-0.3, -0.25) is 0 Å². The molecule has 0 aromatic heterocycles. The minimum atomic E-state index is 0.371. The van der Waals surface area contributed by atoms with Crippen LogP contribution in [0, 0.1) is 0 Å². The molecular formula is C25H53NO. The van der Waals surface area contributed by atoms with Gasteiger partial charge in [0.1, 0.15) is 0 Å². The van der Waals surface area contributed by atoms with Crippen molar-refractivity contribution in [1.82, 2.24) is 5.32 Å². The largest absolute Gasteiger partial charge is 0.396 e. The van der Waals surface area contributed by atoms with E-state index in [-0.39, 0.29) is 0 Å². The Labute approximate surface area is 172 Å². The van der Waals surface area contributed by atoms with E-state index >= 15 is 0 Å². The van der Waals surface area contributed by atoms with Crippen molar-refractivity contribution in [3.05, 3.63) is 0 Å². The lowest BCUT2D eigenvalue weighted by molar-refractivity contribution is 0.282. The van der Waals surface area contributed by atoms with Crippen molar-refractivity contribution in [2.75, 3.05) is 19.7 Å². The maximum Gasteiger partial charge on any atom is 0.0431 e. The second kappa shape index (κ2) is 25.9. The van der Waals surface area contributed by atoms with Gasteiger partial charge in [0.25, 0.3) is 0 Å². The zero-order valence-electron chi connectivity index (χ0n) is 18.9. The fourth-order valence-corrected chi connectivity index (χ4v) is 3.82. The van der Waals surface area contributed by atoms with E-state index in [0.29, 0.717) is 6.61 Å². The van der Waals surface area contributed by atoms with E-state index in [4.69, 9.17) is 5.11 Å². The summed E-state index contributed by atoms with van der Waals surface area (Å²) in [6.07, 6.45) is 29.0. The van der Waals surface area contributed by atoms with Gasteiger partial charge in [-0.25, -0.2) is 0 Å². The van der Waals surface area contributed by atoms with Crippen LogP contribution in [-0.4, -0.2) is 24.8 Å². The van der Waals surface area contributed by atoms with Gasteiger partial charge >= 0.3 is 0 Å². The van der Waals surface area contributed by atoms with Gasteiger partial charge in [-0.15, -0.1) is 0 Å². The maximum absolute atomic E-state index is 8.74. The van der Waals surface area contributed by atoms with Gasteiger partial charge in [-0.05, 0) is 32.4 Å². The molecule has 0 atom stereocenters. The smallest absolute Gasteiger partial charge is 0.0431 e. The molecular weight excluding hydrogens is 330 g/mol. The Balaban J connectivity index is 2.95. The maximum atomic E-state index is 8.74. The van der Waals surface area contributed by atoms with Crippen LogP contribution in [0.3, 0.4) is 0 Å². The van der Waals surface area contributed by atoms with Gasteiger partial charge in [0.05, 0.1) is 0 Å². The molecule has 27 heavy (non-hydrogen) atoms. The number of rotatable bonds is 24. The summed E-state index contributed by atoms with van der Waals surface area (Å²) in [5.41, 5.74) is 0. The molecule has 0 fully saturated rings. The van der Waals surface area contributed by atoms with Gasteiger partial charge in [0, 0.05) is 6.61 Å². The van der Waals surface area contributed by atoms with Gasteiger partial charge in [-0.2, -0.15) is 0 Å². The van der Waals surface area contributed by atoms with Crippen LogP contribution in [0.5, 0.6) is 0 Å². The Kier molecular flexibility index (Phi) is 25.8. The second-order valence-electron chi connectivity index (χ2n) is 8.54. The van der Waals surface area contributed by atoms with Crippen molar-refractivity contribution in [2.24, 2.45) is 0 Å². The first-order valence-electron chi connectivity index (χ1n) is 12.7. The first kappa shape index (κ1) is 26.9. The number of nitrogens with one attached hydrogen (secondary N) is 1. The van der Waals surface area contributed by atoms with E-state index in [2.05, 4.69) is 12.2 Å².